The van der Waals surface area contributed by atoms with E-state index in [1.165, 1.54) is 13.8 Å². The van der Waals surface area contributed by atoms with Crippen molar-refractivity contribution in [2.24, 2.45) is 0 Å². The lowest BCUT2D eigenvalue weighted by Crippen LogP contribution is -2.36. The van der Waals surface area contributed by atoms with E-state index in [-0.39, 0.29) is 5.78 Å². The smallest absolute Gasteiger partial charge is 0.405 e. The standard InChI is InChI=1S/C5H9NO3/c1-3(4(2)7)6-5(8)9/h3,6H,1-2H3,(H,8,9). The van der Waals surface area contributed by atoms with Gasteiger partial charge in [-0.15, -0.1) is 0 Å². The molecule has 0 aromatic rings. The van der Waals surface area contributed by atoms with E-state index < -0.39 is 12.1 Å². The van der Waals surface area contributed by atoms with E-state index in [1.54, 1.807) is 0 Å². The summed E-state index contributed by atoms with van der Waals surface area (Å²) >= 11 is 0. The first-order valence-electron chi connectivity index (χ1n) is 2.54. The number of carboxylic acid groups (broad SMARTS) is 1. The van der Waals surface area contributed by atoms with Crippen LogP contribution in [0.4, 0.5) is 4.79 Å². The summed E-state index contributed by atoms with van der Waals surface area (Å²) in [4.78, 5) is 20.2. The Morgan fingerprint density at radius 3 is 2.11 bits per heavy atom. The molecule has 0 rings (SSSR count). The van der Waals surface area contributed by atoms with Crippen LogP contribution in [0.2, 0.25) is 0 Å². The van der Waals surface area contributed by atoms with Crippen molar-refractivity contribution >= 4 is 11.9 Å². The molecule has 0 aliphatic rings. The van der Waals surface area contributed by atoms with E-state index in [2.05, 4.69) is 0 Å². The van der Waals surface area contributed by atoms with Gasteiger partial charge < -0.3 is 10.4 Å². The van der Waals surface area contributed by atoms with Crippen molar-refractivity contribution in [3.05, 3.63) is 0 Å². The molecule has 0 saturated heterocycles. The Morgan fingerprint density at radius 1 is 1.56 bits per heavy atom. The fraction of sp³-hybridized carbons (Fsp3) is 0.600. The highest BCUT2D eigenvalue weighted by Crippen LogP contribution is 1.81. The lowest BCUT2D eigenvalue weighted by molar-refractivity contribution is -0.118. The molecular weight excluding hydrogens is 122 g/mol. The summed E-state index contributed by atoms with van der Waals surface area (Å²) in [5.74, 6) is -0.183. The molecule has 0 aliphatic carbocycles. The van der Waals surface area contributed by atoms with Gasteiger partial charge in [0.25, 0.3) is 0 Å². The first kappa shape index (κ1) is 7.94. The van der Waals surface area contributed by atoms with Crippen molar-refractivity contribution in [1.29, 1.82) is 0 Å². The Labute approximate surface area is 52.9 Å². The van der Waals surface area contributed by atoms with Gasteiger partial charge in [-0.1, -0.05) is 0 Å². The van der Waals surface area contributed by atoms with Crippen LogP contribution in [0.15, 0.2) is 0 Å². The van der Waals surface area contributed by atoms with E-state index in [9.17, 15) is 9.59 Å². The monoisotopic (exact) mass is 131 g/mol. The number of amides is 1. The molecule has 4 heteroatoms. The van der Waals surface area contributed by atoms with Crippen molar-refractivity contribution in [1.82, 2.24) is 5.32 Å². The van der Waals surface area contributed by atoms with Crippen molar-refractivity contribution in [3.8, 4) is 0 Å². The van der Waals surface area contributed by atoms with Crippen LogP contribution < -0.4 is 5.32 Å². The quantitative estimate of drug-likeness (QED) is 0.563. The van der Waals surface area contributed by atoms with E-state index in [1.807, 2.05) is 5.32 Å². The number of ketones is 1. The Kier molecular flexibility index (Phi) is 2.70. The summed E-state index contributed by atoms with van der Waals surface area (Å²) in [6.45, 7) is 2.83. The highest BCUT2D eigenvalue weighted by molar-refractivity contribution is 5.84. The molecule has 0 aromatic heterocycles. The second-order valence-electron chi connectivity index (χ2n) is 1.78. The summed E-state index contributed by atoms with van der Waals surface area (Å²) in [5.41, 5.74) is 0. The van der Waals surface area contributed by atoms with Gasteiger partial charge in [-0.2, -0.15) is 0 Å². The van der Waals surface area contributed by atoms with Crippen LogP contribution in [-0.2, 0) is 4.79 Å². The molecule has 1 atom stereocenters. The molecule has 1 amide bonds. The molecule has 2 N–H and O–H groups in total. The molecule has 0 saturated carbocycles. The zero-order valence-electron chi connectivity index (χ0n) is 5.34. The number of hydrogen-bond acceptors (Lipinski definition) is 2. The zero-order valence-corrected chi connectivity index (χ0v) is 5.34. The predicted molar refractivity (Wildman–Crippen MR) is 31.3 cm³/mol. The van der Waals surface area contributed by atoms with Crippen molar-refractivity contribution in [3.63, 3.8) is 0 Å². The number of carbonyl (C=O) groups excluding carboxylic acids is 1. The molecule has 0 aromatic carbocycles. The summed E-state index contributed by atoms with van der Waals surface area (Å²) in [7, 11) is 0. The second-order valence-corrected chi connectivity index (χ2v) is 1.78. The molecule has 1 unspecified atom stereocenters. The zero-order chi connectivity index (χ0) is 7.44. The van der Waals surface area contributed by atoms with E-state index in [0.29, 0.717) is 0 Å². The molecule has 0 aliphatic heterocycles. The van der Waals surface area contributed by atoms with Gasteiger partial charge in [-0.25, -0.2) is 4.79 Å². The predicted octanol–water partition coefficient (Wildman–Crippen LogP) is 0.232. The second kappa shape index (κ2) is 3.06. The van der Waals surface area contributed by atoms with Crippen molar-refractivity contribution < 1.29 is 14.7 Å². The molecule has 0 spiro atoms. The summed E-state index contributed by atoms with van der Waals surface area (Å²) in [6.07, 6.45) is -1.17. The minimum absolute atomic E-state index is 0.183. The highest BCUT2D eigenvalue weighted by atomic mass is 16.4. The van der Waals surface area contributed by atoms with Crippen LogP contribution in [0.5, 0.6) is 0 Å². The third kappa shape index (κ3) is 3.52. The average molecular weight is 131 g/mol. The molecule has 4 nitrogen and oxygen atoms in total. The molecule has 0 bridgehead atoms. The molecule has 0 heterocycles. The molecule has 0 radical (unpaired) electrons. The van der Waals surface area contributed by atoms with Gasteiger partial charge in [0.1, 0.15) is 0 Å². The number of hydrogen-bond donors (Lipinski definition) is 2. The SMILES string of the molecule is CC(=O)C(C)NC(=O)O. The van der Waals surface area contributed by atoms with Gasteiger partial charge in [-0.05, 0) is 13.8 Å². The topological polar surface area (TPSA) is 66.4 Å². The Hall–Kier alpha value is -1.06. The van der Waals surface area contributed by atoms with Crippen LogP contribution >= 0.6 is 0 Å². The lowest BCUT2D eigenvalue weighted by atomic mass is 10.2. The molecule has 52 valence electrons. The van der Waals surface area contributed by atoms with E-state index >= 15 is 0 Å². The Bertz CT molecular complexity index is 132. The Balaban J connectivity index is 3.63. The summed E-state index contributed by atoms with van der Waals surface area (Å²) in [6, 6.07) is -0.595. The molecular formula is C5H9NO3. The van der Waals surface area contributed by atoms with Crippen molar-refractivity contribution in [2.45, 2.75) is 19.9 Å². The van der Waals surface area contributed by atoms with Gasteiger partial charge in [0.05, 0.1) is 6.04 Å². The first-order chi connectivity index (χ1) is 4.04. The van der Waals surface area contributed by atoms with E-state index in [4.69, 9.17) is 5.11 Å². The highest BCUT2D eigenvalue weighted by Gasteiger charge is 2.08. The normalized spacial score (nSPS) is 12.2. The molecule has 9 heavy (non-hydrogen) atoms. The van der Waals surface area contributed by atoms with Crippen LogP contribution in [0.25, 0.3) is 0 Å². The Morgan fingerprint density at radius 2 is 2.00 bits per heavy atom. The first-order valence-corrected chi connectivity index (χ1v) is 2.54. The van der Waals surface area contributed by atoms with Crippen LogP contribution in [-0.4, -0.2) is 23.0 Å². The lowest BCUT2D eigenvalue weighted by Gasteiger charge is -2.04. The number of carbonyl (C=O) groups is 2. The van der Waals surface area contributed by atoms with Crippen LogP contribution in [0.3, 0.4) is 0 Å². The minimum Gasteiger partial charge on any atom is -0.465 e. The fourth-order valence-corrected chi connectivity index (χ4v) is 0.287. The van der Waals surface area contributed by atoms with E-state index in [0.717, 1.165) is 0 Å². The van der Waals surface area contributed by atoms with Crippen molar-refractivity contribution in [2.75, 3.05) is 0 Å². The van der Waals surface area contributed by atoms with Crippen LogP contribution in [0, 0.1) is 0 Å². The third-order valence-corrected chi connectivity index (χ3v) is 0.950. The summed E-state index contributed by atoms with van der Waals surface area (Å²) in [5, 5.41) is 10.1. The number of rotatable bonds is 2. The summed E-state index contributed by atoms with van der Waals surface area (Å²) < 4.78 is 0. The maximum atomic E-state index is 10.4. The number of nitrogens with one attached hydrogen (secondary N) is 1. The van der Waals surface area contributed by atoms with Crippen LogP contribution in [0.1, 0.15) is 13.8 Å². The maximum Gasteiger partial charge on any atom is 0.405 e. The minimum atomic E-state index is -1.17. The number of Topliss-reactive ketones (excluding diaryl/α,β-unsaturated/α-hetero) is 1. The maximum absolute atomic E-state index is 10.4. The third-order valence-electron chi connectivity index (χ3n) is 0.950. The van der Waals surface area contributed by atoms with Gasteiger partial charge in [-0.3, -0.25) is 4.79 Å². The van der Waals surface area contributed by atoms with Gasteiger partial charge in [0, 0.05) is 0 Å². The largest absolute Gasteiger partial charge is 0.465 e. The van der Waals surface area contributed by atoms with Gasteiger partial charge >= 0.3 is 6.09 Å². The van der Waals surface area contributed by atoms with Gasteiger partial charge in [0.2, 0.25) is 0 Å². The average Bonchev–Trinajstić information content (AvgIpc) is 1.63. The fourth-order valence-electron chi connectivity index (χ4n) is 0.287. The van der Waals surface area contributed by atoms with Gasteiger partial charge in [0.15, 0.2) is 5.78 Å². The molecule has 0 fully saturated rings.